The summed E-state index contributed by atoms with van der Waals surface area (Å²) in [4.78, 5) is 51.5. The molecule has 0 atom stereocenters. The minimum Gasteiger partial charge on any atom is -0.305 e. The summed E-state index contributed by atoms with van der Waals surface area (Å²) in [5, 5.41) is 1.18. The number of halogens is 5. The monoisotopic (exact) mass is 912 g/mol. The highest BCUT2D eigenvalue weighted by atomic mass is 35.5. The van der Waals surface area contributed by atoms with Crippen molar-refractivity contribution in [3.05, 3.63) is 193 Å². The lowest BCUT2D eigenvalue weighted by molar-refractivity contribution is 0.127. The minimum absolute atomic E-state index is 0.0153. The number of unbranched alkanes of at least 4 members (excludes halogenated alkanes) is 1. The number of para-hydroxylation sites is 6. The Kier molecular flexibility index (Phi) is 13.7. The van der Waals surface area contributed by atoms with Crippen LogP contribution >= 0.6 is 23.2 Å². The van der Waals surface area contributed by atoms with Gasteiger partial charge in [-0.1, -0.05) is 97.2 Å². The maximum atomic E-state index is 13.1. The number of nitrogens with zero attached hydrogens (tertiary/aromatic N) is 6. The van der Waals surface area contributed by atoms with E-state index in [1.54, 1.807) is 77.4 Å². The number of aryl methyl sites for hydroxylation is 1. The summed E-state index contributed by atoms with van der Waals surface area (Å²) in [6.45, 7) is 2.09. The zero-order valence-electron chi connectivity index (χ0n) is 35.1. The van der Waals surface area contributed by atoms with Crippen LogP contribution in [0.1, 0.15) is 38.6 Å². The van der Waals surface area contributed by atoms with Gasteiger partial charge in [0.2, 0.25) is 0 Å². The molecule has 0 amide bonds. The molecule has 328 valence electrons. The lowest BCUT2D eigenvalue weighted by atomic mass is 10.1. The smallest absolute Gasteiger partial charge is 0.277 e. The summed E-state index contributed by atoms with van der Waals surface area (Å²) < 4.78 is 43.5. The Morgan fingerprint density at radius 3 is 1.42 bits per heavy atom. The van der Waals surface area contributed by atoms with Crippen LogP contribution in [0.3, 0.4) is 0 Å². The standard InChI is InChI=1S/C18H17FN2O.C17H13ClN2O.C16H11ClF2N2O/c1-2-3-12-21-16-7-5-4-6-15(16)20-17(18(21)22)13-8-10-14(19)11-9-13;18-12-7-5-11(6-8-12)16-17(21)20(13-9-10-13)15-4-2-1-3-14(15)19-16;17-11-7-5-10(6-8-11)15-16(22)21(9-14(18)19)13-4-2-1-3-12(13)20-15/h4-11H,2-3,12H2,1H3;1-8,13H,9-10H2;1-8,14H,9H2. The van der Waals surface area contributed by atoms with Crippen LogP contribution in [0.2, 0.25) is 10.0 Å². The highest BCUT2D eigenvalue weighted by molar-refractivity contribution is 6.30. The number of fused-ring (bicyclic) bond motifs is 3. The largest absolute Gasteiger partial charge is 0.305 e. The van der Waals surface area contributed by atoms with E-state index in [1.807, 2.05) is 65.2 Å². The predicted molar refractivity (Wildman–Crippen MR) is 253 cm³/mol. The van der Waals surface area contributed by atoms with Crippen molar-refractivity contribution in [3.8, 4) is 33.8 Å². The molecule has 0 spiro atoms. The molecule has 3 aromatic heterocycles. The van der Waals surface area contributed by atoms with Crippen LogP contribution < -0.4 is 16.7 Å². The molecule has 1 saturated carbocycles. The fourth-order valence-electron chi connectivity index (χ4n) is 7.48. The Labute approximate surface area is 381 Å². The molecule has 9 aromatic rings. The van der Waals surface area contributed by atoms with Gasteiger partial charge in [-0.05, 0) is 104 Å². The third kappa shape index (κ3) is 10.1. The van der Waals surface area contributed by atoms with Crippen LogP contribution in [0.5, 0.6) is 0 Å². The zero-order valence-corrected chi connectivity index (χ0v) is 36.6. The van der Waals surface area contributed by atoms with Crippen LogP contribution in [0.4, 0.5) is 13.2 Å². The van der Waals surface area contributed by atoms with Crippen LogP contribution in [-0.4, -0.2) is 35.1 Å². The van der Waals surface area contributed by atoms with Crippen LogP contribution in [-0.2, 0) is 13.1 Å². The SMILES string of the molecule is CCCCn1c(=O)c(-c2ccc(F)cc2)nc2ccccc21.O=c1c(-c2ccc(Cl)cc2)nc2ccccc2n1C1CC1.O=c1c(-c2ccc(Cl)cc2)nc2ccccc2n1CC(F)F. The van der Waals surface area contributed by atoms with Gasteiger partial charge in [0.05, 0.1) is 39.6 Å². The predicted octanol–water partition coefficient (Wildman–Crippen LogP) is 12.0. The molecule has 3 heterocycles. The van der Waals surface area contributed by atoms with Crippen molar-refractivity contribution in [2.24, 2.45) is 0 Å². The quantitative estimate of drug-likeness (QED) is 0.143. The first-order valence-electron chi connectivity index (χ1n) is 21.1. The molecule has 1 fully saturated rings. The highest BCUT2D eigenvalue weighted by Gasteiger charge is 2.28. The number of aromatic nitrogens is 6. The summed E-state index contributed by atoms with van der Waals surface area (Å²) >= 11 is 11.8. The topological polar surface area (TPSA) is 105 Å². The Bertz CT molecular complexity index is 3320. The van der Waals surface area contributed by atoms with Gasteiger partial charge in [-0.3, -0.25) is 19.0 Å². The Morgan fingerprint density at radius 2 is 0.954 bits per heavy atom. The van der Waals surface area contributed by atoms with E-state index in [4.69, 9.17) is 23.2 Å². The van der Waals surface area contributed by atoms with E-state index in [1.165, 1.54) is 12.1 Å². The van der Waals surface area contributed by atoms with Gasteiger partial charge >= 0.3 is 0 Å². The zero-order chi connectivity index (χ0) is 45.6. The number of rotatable bonds is 9. The van der Waals surface area contributed by atoms with Crippen molar-refractivity contribution >= 4 is 56.3 Å². The fraction of sp³-hybridized carbons (Fsp3) is 0.176. The van der Waals surface area contributed by atoms with E-state index in [9.17, 15) is 27.6 Å². The van der Waals surface area contributed by atoms with Crippen LogP contribution in [0.15, 0.2) is 160 Å². The normalized spacial score (nSPS) is 12.2. The third-order valence-electron chi connectivity index (χ3n) is 10.8. The van der Waals surface area contributed by atoms with E-state index >= 15 is 0 Å². The van der Waals surface area contributed by atoms with Gasteiger partial charge in [0.25, 0.3) is 23.1 Å². The number of hydrogen-bond acceptors (Lipinski definition) is 6. The highest BCUT2D eigenvalue weighted by Crippen LogP contribution is 2.36. The average molecular weight is 914 g/mol. The molecule has 0 unspecified atom stereocenters. The molecular formula is C51H41Cl2F3N6O3. The van der Waals surface area contributed by atoms with E-state index in [-0.39, 0.29) is 22.6 Å². The molecule has 1 aliphatic rings. The van der Waals surface area contributed by atoms with Crippen molar-refractivity contribution in [2.45, 2.75) is 58.2 Å². The second-order valence-corrected chi connectivity index (χ2v) is 16.3. The molecule has 9 nitrogen and oxygen atoms in total. The van der Waals surface area contributed by atoms with Crippen molar-refractivity contribution < 1.29 is 13.2 Å². The average Bonchev–Trinajstić information content (AvgIpc) is 4.16. The molecule has 65 heavy (non-hydrogen) atoms. The number of hydrogen-bond donors (Lipinski definition) is 0. The van der Waals surface area contributed by atoms with Crippen molar-refractivity contribution in [1.29, 1.82) is 0 Å². The summed E-state index contributed by atoms with van der Waals surface area (Å²) in [7, 11) is 0. The van der Waals surface area contributed by atoms with Gasteiger partial charge in [-0.25, -0.2) is 28.1 Å². The van der Waals surface area contributed by atoms with E-state index in [0.29, 0.717) is 56.2 Å². The third-order valence-corrected chi connectivity index (χ3v) is 11.3. The van der Waals surface area contributed by atoms with Gasteiger partial charge in [0.1, 0.15) is 22.9 Å². The molecule has 14 heteroatoms. The molecule has 0 aliphatic heterocycles. The van der Waals surface area contributed by atoms with Gasteiger partial charge in [-0.15, -0.1) is 0 Å². The minimum atomic E-state index is -2.62. The summed E-state index contributed by atoms with van der Waals surface area (Å²) in [6, 6.07) is 42.2. The molecular weight excluding hydrogens is 872 g/mol. The lowest BCUT2D eigenvalue weighted by Gasteiger charge is -2.12. The Morgan fingerprint density at radius 1 is 0.554 bits per heavy atom. The van der Waals surface area contributed by atoms with Crippen molar-refractivity contribution in [2.75, 3.05) is 0 Å². The Hall–Kier alpha value is -6.89. The molecule has 6 aromatic carbocycles. The number of benzene rings is 6. The van der Waals surface area contributed by atoms with Crippen LogP contribution in [0, 0.1) is 5.82 Å². The van der Waals surface area contributed by atoms with Gasteiger partial charge in [0.15, 0.2) is 0 Å². The van der Waals surface area contributed by atoms with E-state index in [2.05, 4.69) is 21.9 Å². The van der Waals surface area contributed by atoms with E-state index in [0.717, 1.165) is 57.9 Å². The maximum absolute atomic E-state index is 13.1. The summed E-state index contributed by atoms with van der Waals surface area (Å²) in [6.07, 6.45) is 1.44. The van der Waals surface area contributed by atoms with E-state index < -0.39 is 18.5 Å². The van der Waals surface area contributed by atoms with Gasteiger partial charge < -0.3 is 9.13 Å². The maximum Gasteiger partial charge on any atom is 0.277 e. The second kappa shape index (κ2) is 19.9. The Balaban J connectivity index is 0.000000133. The van der Waals surface area contributed by atoms with Crippen molar-refractivity contribution in [1.82, 2.24) is 28.7 Å². The second-order valence-electron chi connectivity index (χ2n) is 15.4. The molecule has 0 N–H and O–H groups in total. The molecule has 0 saturated heterocycles. The van der Waals surface area contributed by atoms with Crippen molar-refractivity contribution in [3.63, 3.8) is 0 Å². The first-order valence-corrected chi connectivity index (χ1v) is 21.8. The summed E-state index contributed by atoms with van der Waals surface area (Å²) in [5.41, 5.74) is 6.59. The molecule has 10 rings (SSSR count). The molecule has 0 radical (unpaired) electrons. The lowest BCUT2D eigenvalue weighted by Crippen LogP contribution is -2.26. The van der Waals surface area contributed by atoms with Gasteiger partial charge in [0, 0.05) is 39.3 Å². The van der Waals surface area contributed by atoms with Gasteiger partial charge in [-0.2, -0.15) is 0 Å². The molecule has 1 aliphatic carbocycles. The first-order chi connectivity index (χ1) is 31.5. The fourth-order valence-corrected chi connectivity index (χ4v) is 7.73. The van der Waals surface area contributed by atoms with Crippen LogP contribution in [0.25, 0.3) is 66.9 Å². The molecule has 0 bridgehead atoms. The summed E-state index contributed by atoms with van der Waals surface area (Å²) in [5.74, 6) is -0.323. The first kappa shape index (κ1) is 44.7. The number of alkyl halides is 2.